The van der Waals surface area contributed by atoms with Crippen molar-refractivity contribution in [1.29, 1.82) is 0 Å². The molecule has 4 aromatic rings. The van der Waals surface area contributed by atoms with Crippen molar-refractivity contribution in [2.24, 2.45) is 0 Å². The van der Waals surface area contributed by atoms with Crippen LogP contribution in [0.1, 0.15) is 31.2 Å². The molecule has 2 heterocycles. The highest BCUT2D eigenvalue weighted by Gasteiger charge is 2.20. The average Bonchev–Trinajstić information content (AvgIpc) is 3.09. The summed E-state index contributed by atoms with van der Waals surface area (Å²) >= 11 is 3.47. The molecule has 0 atom stereocenters. The Labute approximate surface area is 183 Å². The molecule has 0 saturated heterocycles. The third-order valence-corrected chi connectivity index (χ3v) is 5.84. The second-order valence-corrected chi connectivity index (χ2v) is 8.16. The first kappa shape index (κ1) is 20.5. The van der Waals surface area contributed by atoms with Gasteiger partial charge in [0.1, 0.15) is 17.3 Å². The molecule has 0 amide bonds. The number of halogens is 1. The van der Waals surface area contributed by atoms with Crippen molar-refractivity contribution in [2.45, 2.75) is 32.7 Å². The van der Waals surface area contributed by atoms with Crippen molar-refractivity contribution in [3.63, 3.8) is 0 Å². The molecule has 7 heteroatoms. The van der Waals surface area contributed by atoms with Crippen LogP contribution in [0.15, 0.2) is 47.1 Å². The summed E-state index contributed by atoms with van der Waals surface area (Å²) in [4.78, 5) is 4.83. The van der Waals surface area contributed by atoms with Gasteiger partial charge in [-0.25, -0.2) is 4.98 Å². The summed E-state index contributed by atoms with van der Waals surface area (Å²) in [6.45, 7) is 2.76. The molecule has 0 N–H and O–H groups in total. The van der Waals surface area contributed by atoms with Gasteiger partial charge in [0, 0.05) is 28.6 Å². The number of unbranched alkanes of at least 4 members (excludes halogenated alkanes) is 1. The number of ether oxygens (including phenoxy) is 2. The average molecular weight is 470 g/mol. The Hall–Kier alpha value is -2.80. The van der Waals surface area contributed by atoms with Crippen LogP contribution in [0.3, 0.4) is 0 Å². The van der Waals surface area contributed by atoms with E-state index in [0.29, 0.717) is 17.6 Å². The lowest BCUT2D eigenvalue weighted by molar-refractivity contribution is -0.575. The fraction of sp³-hybridized carbons (Fsp3) is 0.304. The molecule has 0 aliphatic rings. The predicted octanol–water partition coefficient (Wildman–Crippen LogP) is 4.99. The van der Waals surface area contributed by atoms with Gasteiger partial charge in [-0.1, -0.05) is 29.3 Å². The second-order valence-electron chi connectivity index (χ2n) is 7.25. The van der Waals surface area contributed by atoms with Crippen LogP contribution in [-0.2, 0) is 13.0 Å². The van der Waals surface area contributed by atoms with E-state index in [1.54, 1.807) is 20.4 Å². The monoisotopic (exact) mass is 469 g/mol. The SMILES string of the molecule is CCCCc1nc2c[n+]([O-])c3cc(Br)ccc3c2n1Cc1ccc(OC)cc1OC. The quantitative estimate of drug-likeness (QED) is 0.282. The molecule has 0 unspecified atom stereocenters. The topological polar surface area (TPSA) is 63.2 Å². The number of hydrogen-bond acceptors (Lipinski definition) is 4. The van der Waals surface area contributed by atoms with Crippen LogP contribution in [0.2, 0.25) is 0 Å². The lowest BCUT2D eigenvalue weighted by Gasteiger charge is -2.14. The molecule has 0 bridgehead atoms. The fourth-order valence-corrected chi connectivity index (χ4v) is 4.16. The summed E-state index contributed by atoms with van der Waals surface area (Å²) < 4.78 is 14.9. The first-order valence-corrected chi connectivity index (χ1v) is 10.8. The van der Waals surface area contributed by atoms with Gasteiger partial charge in [-0.2, -0.15) is 4.73 Å². The van der Waals surface area contributed by atoms with Crippen LogP contribution in [0.5, 0.6) is 11.5 Å². The van der Waals surface area contributed by atoms with Crippen molar-refractivity contribution in [3.8, 4) is 11.5 Å². The molecule has 0 radical (unpaired) electrons. The molecule has 0 aliphatic carbocycles. The van der Waals surface area contributed by atoms with Crippen molar-refractivity contribution < 1.29 is 14.2 Å². The van der Waals surface area contributed by atoms with Gasteiger partial charge in [0.2, 0.25) is 11.7 Å². The molecule has 0 fully saturated rings. The Balaban J connectivity index is 1.94. The third kappa shape index (κ3) is 3.69. The number of aromatic nitrogens is 3. The van der Waals surface area contributed by atoms with E-state index >= 15 is 0 Å². The molecule has 156 valence electrons. The van der Waals surface area contributed by atoms with Crippen LogP contribution >= 0.6 is 15.9 Å². The Morgan fingerprint density at radius 2 is 1.97 bits per heavy atom. The van der Waals surface area contributed by atoms with Crippen molar-refractivity contribution in [3.05, 3.63) is 63.7 Å². The molecule has 0 saturated carbocycles. The largest absolute Gasteiger partial charge is 0.618 e. The number of hydrogen-bond donors (Lipinski definition) is 0. The van der Waals surface area contributed by atoms with E-state index in [4.69, 9.17) is 14.5 Å². The minimum atomic E-state index is 0.594. The minimum Gasteiger partial charge on any atom is -0.618 e. The summed E-state index contributed by atoms with van der Waals surface area (Å²) in [5.74, 6) is 2.49. The smallest absolute Gasteiger partial charge is 0.227 e. The number of methoxy groups -OCH3 is 2. The molecule has 2 aromatic carbocycles. The molecule has 6 nitrogen and oxygen atoms in total. The zero-order chi connectivity index (χ0) is 21.3. The normalized spacial score (nSPS) is 11.3. The highest BCUT2D eigenvalue weighted by molar-refractivity contribution is 9.10. The lowest BCUT2D eigenvalue weighted by atomic mass is 10.1. The standard InChI is InChI=1S/C23H24BrN3O3/c1-4-5-6-22-25-19-14-27(28)20-11-16(24)8-10-18(20)23(19)26(22)13-15-7-9-17(29-2)12-21(15)30-3/h7-12,14H,4-6,13H2,1-3H3. The van der Waals surface area contributed by atoms with Gasteiger partial charge in [-0.3, -0.25) is 0 Å². The van der Waals surface area contributed by atoms with Crippen LogP contribution in [0.4, 0.5) is 0 Å². The Morgan fingerprint density at radius 3 is 2.70 bits per heavy atom. The Morgan fingerprint density at radius 1 is 1.13 bits per heavy atom. The van der Waals surface area contributed by atoms with E-state index in [-0.39, 0.29) is 0 Å². The number of nitrogens with zero attached hydrogens (tertiary/aromatic N) is 3. The van der Waals surface area contributed by atoms with E-state index in [2.05, 4.69) is 27.4 Å². The van der Waals surface area contributed by atoms with Gasteiger partial charge in [-0.15, -0.1) is 0 Å². The molecule has 4 rings (SSSR count). The van der Waals surface area contributed by atoms with E-state index in [1.807, 2.05) is 36.4 Å². The number of rotatable bonds is 7. The maximum atomic E-state index is 12.6. The molecule has 0 spiro atoms. The van der Waals surface area contributed by atoms with Crippen molar-refractivity contribution >= 4 is 37.9 Å². The van der Waals surface area contributed by atoms with Gasteiger partial charge < -0.3 is 19.2 Å². The lowest BCUT2D eigenvalue weighted by Crippen LogP contribution is -2.26. The van der Waals surface area contributed by atoms with Crippen LogP contribution in [0.25, 0.3) is 21.9 Å². The van der Waals surface area contributed by atoms with Gasteiger partial charge in [0.15, 0.2) is 5.52 Å². The number of benzene rings is 2. The molecule has 0 aliphatic heterocycles. The van der Waals surface area contributed by atoms with E-state index in [0.717, 1.165) is 62.3 Å². The van der Waals surface area contributed by atoms with E-state index in [9.17, 15) is 5.21 Å². The summed E-state index contributed by atoms with van der Waals surface area (Å²) in [6.07, 6.45) is 4.52. The van der Waals surface area contributed by atoms with Crippen molar-refractivity contribution in [2.75, 3.05) is 14.2 Å². The molecule has 30 heavy (non-hydrogen) atoms. The zero-order valence-electron chi connectivity index (χ0n) is 17.3. The molecule has 2 aromatic heterocycles. The maximum Gasteiger partial charge on any atom is 0.227 e. The van der Waals surface area contributed by atoms with Crippen molar-refractivity contribution in [1.82, 2.24) is 9.55 Å². The number of pyridine rings is 1. The van der Waals surface area contributed by atoms with Crippen LogP contribution in [0, 0.1) is 5.21 Å². The highest BCUT2D eigenvalue weighted by atomic mass is 79.9. The van der Waals surface area contributed by atoms with Crippen LogP contribution < -0.4 is 14.2 Å². The zero-order valence-corrected chi connectivity index (χ0v) is 18.9. The highest BCUT2D eigenvalue weighted by Crippen LogP contribution is 2.30. The summed E-state index contributed by atoms with van der Waals surface area (Å²) in [6, 6.07) is 11.6. The van der Waals surface area contributed by atoms with Gasteiger partial charge in [0.25, 0.3) is 0 Å². The molecular formula is C23H24BrN3O3. The van der Waals surface area contributed by atoms with Crippen LogP contribution in [-0.4, -0.2) is 23.8 Å². The number of imidazole rings is 1. The number of fused-ring (bicyclic) bond motifs is 3. The summed E-state index contributed by atoms with van der Waals surface area (Å²) in [5.41, 5.74) is 3.31. The Kier molecular flexibility index (Phi) is 5.81. The fourth-order valence-electron chi connectivity index (χ4n) is 3.81. The molecular weight excluding hydrogens is 446 g/mol. The summed E-state index contributed by atoms with van der Waals surface area (Å²) in [7, 11) is 3.30. The van der Waals surface area contributed by atoms with Gasteiger partial charge in [0.05, 0.1) is 31.7 Å². The predicted molar refractivity (Wildman–Crippen MR) is 121 cm³/mol. The number of aryl methyl sites for hydroxylation is 1. The second kappa shape index (κ2) is 8.52. The third-order valence-electron chi connectivity index (χ3n) is 5.34. The maximum absolute atomic E-state index is 12.6. The first-order chi connectivity index (χ1) is 14.5. The minimum absolute atomic E-state index is 0.594. The Bertz CT molecular complexity index is 1220. The summed E-state index contributed by atoms with van der Waals surface area (Å²) in [5, 5.41) is 13.5. The van der Waals surface area contributed by atoms with E-state index in [1.165, 1.54) is 0 Å². The van der Waals surface area contributed by atoms with E-state index < -0.39 is 0 Å². The van der Waals surface area contributed by atoms with Gasteiger partial charge in [-0.05, 0) is 30.7 Å². The first-order valence-electron chi connectivity index (χ1n) is 9.97. The van der Waals surface area contributed by atoms with Gasteiger partial charge >= 0.3 is 0 Å².